The van der Waals surface area contributed by atoms with Crippen molar-refractivity contribution in [3.8, 4) is 5.75 Å². The van der Waals surface area contributed by atoms with Crippen LogP contribution in [0.2, 0.25) is 5.02 Å². The molecule has 2 aromatic carbocycles. The number of halogens is 1. The monoisotopic (exact) mass is 316 g/mol. The second-order valence-electron chi connectivity index (χ2n) is 5.52. The standard InChI is InChI=1S/C18H21ClN2O/c19-15-5-2-6-16(12-15)22-11-10-21-9-3-7-17-14(13-20)4-1-8-18(17)21/h1-2,4-6,8,12H,3,7,9-11,13,20H2. The predicted octanol–water partition coefficient (Wildman–Crippen LogP) is 3.63. The number of nitrogens with two attached hydrogens (primary N) is 1. The lowest BCUT2D eigenvalue weighted by atomic mass is 9.96. The average molecular weight is 317 g/mol. The van der Waals surface area contributed by atoms with Gasteiger partial charge in [-0.1, -0.05) is 29.8 Å². The van der Waals surface area contributed by atoms with Crippen LogP contribution in [0.15, 0.2) is 42.5 Å². The third kappa shape index (κ3) is 3.37. The lowest BCUT2D eigenvalue weighted by Gasteiger charge is -2.32. The highest BCUT2D eigenvalue weighted by Crippen LogP contribution is 2.29. The molecule has 3 rings (SSSR count). The molecule has 0 unspecified atom stereocenters. The van der Waals surface area contributed by atoms with E-state index >= 15 is 0 Å². The van der Waals surface area contributed by atoms with E-state index in [0.29, 0.717) is 18.2 Å². The summed E-state index contributed by atoms with van der Waals surface area (Å²) in [6, 6.07) is 13.9. The second-order valence-corrected chi connectivity index (χ2v) is 5.95. The zero-order valence-corrected chi connectivity index (χ0v) is 13.4. The maximum absolute atomic E-state index is 5.97. The molecule has 1 heterocycles. The molecule has 0 saturated heterocycles. The Balaban J connectivity index is 1.65. The summed E-state index contributed by atoms with van der Waals surface area (Å²) in [6.45, 7) is 3.19. The minimum atomic E-state index is 0.607. The highest BCUT2D eigenvalue weighted by atomic mass is 35.5. The highest BCUT2D eigenvalue weighted by molar-refractivity contribution is 6.30. The molecule has 0 bridgehead atoms. The van der Waals surface area contributed by atoms with E-state index in [1.807, 2.05) is 24.3 Å². The highest BCUT2D eigenvalue weighted by Gasteiger charge is 2.18. The van der Waals surface area contributed by atoms with Gasteiger partial charge in [-0.05, 0) is 48.2 Å². The molecule has 0 aromatic heterocycles. The quantitative estimate of drug-likeness (QED) is 0.915. The molecular formula is C18H21ClN2O. The van der Waals surface area contributed by atoms with Crippen molar-refractivity contribution >= 4 is 17.3 Å². The Labute approximate surface area is 136 Å². The molecule has 0 saturated carbocycles. The summed E-state index contributed by atoms with van der Waals surface area (Å²) in [5, 5.41) is 0.702. The third-order valence-electron chi connectivity index (χ3n) is 4.09. The van der Waals surface area contributed by atoms with Gasteiger partial charge < -0.3 is 15.4 Å². The molecule has 0 radical (unpaired) electrons. The van der Waals surface area contributed by atoms with Crippen LogP contribution in [-0.4, -0.2) is 19.7 Å². The van der Waals surface area contributed by atoms with Crippen LogP contribution in [0.1, 0.15) is 17.5 Å². The number of benzene rings is 2. The molecule has 3 nitrogen and oxygen atoms in total. The number of anilines is 1. The van der Waals surface area contributed by atoms with Crippen LogP contribution >= 0.6 is 11.6 Å². The van der Waals surface area contributed by atoms with Gasteiger partial charge in [-0.15, -0.1) is 0 Å². The van der Waals surface area contributed by atoms with E-state index in [0.717, 1.165) is 25.3 Å². The number of nitrogens with zero attached hydrogens (tertiary/aromatic N) is 1. The molecule has 0 fully saturated rings. The topological polar surface area (TPSA) is 38.5 Å². The largest absolute Gasteiger partial charge is 0.492 e. The number of ether oxygens (including phenoxy) is 1. The van der Waals surface area contributed by atoms with Gasteiger partial charge in [0.1, 0.15) is 12.4 Å². The van der Waals surface area contributed by atoms with Gasteiger partial charge in [-0.25, -0.2) is 0 Å². The van der Waals surface area contributed by atoms with E-state index < -0.39 is 0 Å². The molecule has 4 heteroatoms. The van der Waals surface area contributed by atoms with Crippen LogP contribution in [0.5, 0.6) is 5.75 Å². The fourth-order valence-corrected chi connectivity index (χ4v) is 3.21. The molecule has 0 atom stereocenters. The van der Waals surface area contributed by atoms with Crippen molar-refractivity contribution in [1.29, 1.82) is 0 Å². The second kappa shape index (κ2) is 7.03. The Morgan fingerprint density at radius 3 is 2.86 bits per heavy atom. The van der Waals surface area contributed by atoms with Gasteiger partial charge in [-0.2, -0.15) is 0 Å². The van der Waals surface area contributed by atoms with Crippen molar-refractivity contribution in [3.63, 3.8) is 0 Å². The van der Waals surface area contributed by atoms with Gasteiger partial charge in [-0.3, -0.25) is 0 Å². The van der Waals surface area contributed by atoms with Crippen molar-refractivity contribution in [2.24, 2.45) is 5.73 Å². The fraction of sp³-hybridized carbons (Fsp3) is 0.333. The zero-order valence-electron chi connectivity index (χ0n) is 12.6. The molecule has 116 valence electrons. The Kier molecular flexibility index (Phi) is 4.86. The van der Waals surface area contributed by atoms with Crippen LogP contribution < -0.4 is 15.4 Å². The van der Waals surface area contributed by atoms with Gasteiger partial charge >= 0.3 is 0 Å². The smallest absolute Gasteiger partial charge is 0.120 e. The summed E-state index contributed by atoms with van der Waals surface area (Å²) >= 11 is 5.97. The van der Waals surface area contributed by atoms with E-state index in [9.17, 15) is 0 Å². The van der Waals surface area contributed by atoms with Crippen LogP contribution in [0.3, 0.4) is 0 Å². The molecule has 1 aliphatic rings. The van der Waals surface area contributed by atoms with Crippen molar-refractivity contribution < 1.29 is 4.74 Å². The van der Waals surface area contributed by atoms with Gasteiger partial charge in [0, 0.05) is 23.8 Å². The molecule has 0 aliphatic carbocycles. The number of hydrogen-bond donors (Lipinski definition) is 1. The summed E-state index contributed by atoms with van der Waals surface area (Å²) < 4.78 is 5.81. The minimum absolute atomic E-state index is 0.607. The van der Waals surface area contributed by atoms with Gasteiger partial charge in [0.15, 0.2) is 0 Å². The normalized spacial score (nSPS) is 13.8. The van der Waals surface area contributed by atoms with Gasteiger partial charge in [0.05, 0.1) is 6.54 Å². The molecular weight excluding hydrogens is 296 g/mol. The molecule has 22 heavy (non-hydrogen) atoms. The lowest BCUT2D eigenvalue weighted by molar-refractivity contribution is 0.322. The van der Waals surface area contributed by atoms with Crippen molar-refractivity contribution in [2.45, 2.75) is 19.4 Å². The summed E-state index contributed by atoms with van der Waals surface area (Å²) in [6.07, 6.45) is 2.29. The molecule has 2 aromatic rings. The van der Waals surface area contributed by atoms with E-state index in [1.165, 1.54) is 23.2 Å². The minimum Gasteiger partial charge on any atom is -0.492 e. The summed E-state index contributed by atoms with van der Waals surface area (Å²) in [5.74, 6) is 0.820. The lowest BCUT2D eigenvalue weighted by Crippen LogP contribution is -2.33. The average Bonchev–Trinajstić information content (AvgIpc) is 2.54. The fourth-order valence-electron chi connectivity index (χ4n) is 3.03. The van der Waals surface area contributed by atoms with Crippen LogP contribution in [0.4, 0.5) is 5.69 Å². The van der Waals surface area contributed by atoms with Crippen LogP contribution in [0.25, 0.3) is 0 Å². The first-order valence-corrected chi connectivity index (χ1v) is 8.10. The number of hydrogen-bond acceptors (Lipinski definition) is 3. The van der Waals surface area contributed by atoms with Gasteiger partial charge in [0.2, 0.25) is 0 Å². The first kappa shape index (κ1) is 15.2. The van der Waals surface area contributed by atoms with Crippen LogP contribution in [-0.2, 0) is 13.0 Å². The van der Waals surface area contributed by atoms with Crippen LogP contribution in [0, 0.1) is 0 Å². The number of fused-ring (bicyclic) bond motifs is 1. The molecule has 2 N–H and O–H groups in total. The van der Waals surface area contributed by atoms with E-state index in [1.54, 1.807) is 0 Å². The van der Waals surface area contributed by atoms with E-state index in [4.69, 9.17) is 22.1 Å². The van der Waals surface area contributed by atoms with Crippen molar-refractivity contribution in [3.05, 3.63) is 58.6 Å². The first-order chi connectivity index (χ1) is 10.8. The van der Waals surface area contributed by atoms with E-state index in [-0.39, 0.29) is 0 Å². The summed E-state index contributed by atoms with van der Waals surface area (Å²) in [5.41, 5.74) is 9.83. The van der Waals surface area contributed by atoms with Gasteiger partial charge in [0.25, 0.3) is 0 Å². The molecule has 0 spiro atoms. The summed E-state index contributed by atoms with van der Waals surface area (Å²) in [7, 11) is 0. The maximum atomic E-state index is 5.97. The first-order valence-electron chi connectivity index (χ1n) is 7.72. The molecule has 0 amide bonds. The zero-order chi connectivity index (χ0) is 15.4. The summed E-state index contributed by atoms with van der Waals surface area (Å²) in [4.78, 5) is 2.39. The van der Waals surface area contributed by atoms with Crippen molar-refractivity contribution in [1.82, 2.24) is 0 Å². The van der Waals surface area contributed by atoms with E-state index in [2.05, 4.69) is 23.1 Å². The maximum Gasteiger partial charge on any atom is 0.120 e. The Hall–Kier alpha value is -1.71. The van der Waals surface area contributed by atoms with Crippen molar-refractivity contribution in [2.75, 3.05) is 24.6 Å². The Bertz CT molecular complexity index is 645. The Morgan fingerprint density at radius 2 is 2.05 bits per heavy atom. The predicted molar refractivity (Wildman–Crippen MR) is 91.8 cm³/mol. The molecule has 1 aliphatic heterocycles. The SMILES string of the molecule is NCc1cccc2c1CCCN2CCOc1cccc(Cl)c1. The third-order valence-corrected chi connectivity index (χ3v) is 4.32. The number of rotatable bonds is 5. The Morgan fingerprint density at radius 1 is 1.18 bits per heavy atom.